The molecule has 7 heteroatoms. The summed E-state index contributed by atoms with van der Waals surface area (Å²) < 4.78 is 27.5. The highest BCUT2D eigenvalue weighted by Crippen LogP contribution is 2.27. The van der Waals surface area contributed by atoms with Crippen molar-refractivity contribution in [2.24, 2.45) is 5.92 Å². The van der Waals surface area contributed by atoms with Gasteiger partial charge in [-0.05, 0) is 50.7 Å². The van der Waals surface area contributed by atoms with E-state index < -0.39 is 16.1 Å². The summed E-state index contributed by atoms with van der Waals surface area (Å²) in [6.45, 7) is 2.42. The van der Waals surface area contributed by atoms with Crippen molar-refractivity contribution in [1.29, 1.82) is 0 Å². The molecule has 1 N–H and O–H groups in total. The van der Waals surface area contributed by atoms with Crippen molar-refractivity contribution in [2.45, 2.75) is 62.8 Å². The highest BCUT2D eigenvalue weighted by atomic mass is 32.2. The third-order valence-corrected chi connectivity index (χ3v) is 7.59. The SMILES string of the molecule is CC(=O)c1ccc(S(=O)(=O)N2CCCCC2C(=O)NCC2CCCC2)cc1. The van der Waals surface area contributed by atoms with Crippen LogP contribution >= 0.6 is 0 Å². The average Bonchev–Trinajstić information content (AvgIpc) is 3.20. The van der Waals surface area contributed by atoms with Crippen LogP contribution in [0.3, 0.4) is 0 Å². The van der Waals surface area contributed by atoms with Crippen molar-refractivity contribution < 1.29 is 18.0 Å². The van der Waals surface area contributed by atoms with E-state index in [1.165, 1.54) is 48.3 Å². The molecule has 2 fully saturated rings. The molecule has 1 aliphatic heterocycles. The largest absolute Gasteiger partial charge is 0.354 e. The quantitative estimate of drug-likeness (QED) is 0.755. The normalized spacial score (nSPS) is 21.9. The Hall–Kier alpha value is -1.73. The molecular formula is C20H28N2O4S. The van der Waals surface area contributed by atoms with Crippen LogP contribution in [0.15, 0.2) is 29.2 Å². The summed E-state index contributed by atoms with van der Waals surface area (Å²) in [5.74, 6) is 0.216. The van der Waals surface area contributed by atoms with Gasteiger partial charge in [0.25, 0.3) is 0 Å². The number of hydrogen-bond acceptors (Lipinski definition) is 4. The fraction of sp³-hybridized carbons (Fsp3) is 0.600. The molecule has 0 radical (unpaired) electrons. The molecule has 148 valence electrons. The van der Waals surface area contributed by atoms with Gasteiger partial charge in [-0.25, -0.2) is 8.42 Å². The van der Waals surface area contributed by atoms with Gasteiger partial charge in [0.1, 0.15) is 6.04 Å². The van der Waals surface area contributed by atoms with Gasteiger partial charge in [0, 0.05) is 18.7 Å². The van der Waals surface area contributed by atoms with Crippen LogP contribution in [0.25, 0.3) is 0 Å². The number of carbonyl (C=O) groups is 2. The summed E-state index contributed by atoms with van der Waals surface area (Å²) in [5.41, 5.74) is 0.471. The maximum absolute atomic E-state index is 13.1. The third-order valence-electron chi connectivity index (χ3n) is 5.66. The molecule has 0 bridgehead atoms. The van der Waals surface area contributed by atoms with Crippen molar-refractivity contribution in [3.05, 3.63) is 29.8 Å². The molecule has 1 unspecified atom stereocenters. The lowest BCUT2D eigenvalue weighted by Crippen LogP contribution is -2.52. The van der Waals surface area contributed by atoms with Crippen molar-refractivity contribution in [1.82, 2.24) is 9.62 Å². The number of nitrogens with zero attached hydrogens (tertiary/aromatic N) is 1. The molecule has 2 aliphatic rings. The summed E-state index contributed by atoms with van der Waals surface area (Å²) >= 11 is 0. The molecule has 0 spiro atoms. The minimum atomic E-state index is -3.77. The van der Waals surface area contributed by atoms with Crippen LogP contribution in [-0.2, 0) is 14.8 Å². The van der Waals surface area contributed by atoms with Crippen LogP contribution in [0.2, 0.25) is 0 Å². The lowest BCUT2D eigenvalue weighted by atomic mass is 10.0. The fourth-order valence-corrected chi connectivity index (χ4v) is 5.69. The van der Waals surface area contributed by atoms with Gasteiger partial charge in [-0.15, -0.1) is 0 Å². The van der Waals surface area contributed by atoms with Crippen molar-refractivity contribution in [2.75, 3.05) is 13.1 Å². The van der Waals surface area contributed by atoms with Gasteiger partial charge in [-0.2, -0.15) is 4.31 Å². The number of Topliss-reactive ketones (excluding diaryl/α,β-unsaturated/α-hetero) is 1. The zero-order valence-electron chi connectivity index (χ0n) is 15.8. The number of sulfonamides is 1. The molecule has 1 aromatic rings. The number of amides is 1. The third kappa shape index (κ3) is 4.58. The number of ketones is 1. The fourth-order valence-electron chi connectivity index (χ4n) is 4.03. The Kier molecular flexibility index (Phi) is 6.32. The molecule has 1 aliphatic carbocycles. The standard InChI is InChI=1S/C20H28N2O4S/c1-15(23)17-9-11-18(12-10-17)27(25,26)22-13-5-4-8-19(22)20(24)21-14-16-6-2-3-7-16/h9-12,16,19H,2-8,13-14H2,1H3,(H,21,24). The minimum absolute atomic E-state index is 0.110. The summed E-state index contributed by atoms with van der Waals surface area (Å²) in [6.07, 6.45) is 6.82. The first-order valence-electron chi connectivity index (χ1n) is 9.80. The Labute approximate surface area is 161 Å². The Morgan fingerprint density at radius 3 is 2.30 bits per heavy atom. The Morgan fingerprint density at radius 1 is 1.04 bits per heavy atom. The van der Waals surface area contributed by atoms with Crippen LogP contribution in [0.1, 0.15) is 62.2 Å². The first kappa shape index (κ1) is 20.0. The Balaban J connectivity index is 1.74. The van der Waals surface area contributed by atoms with E-state index in [0.717, 1.165) is 25.7 Å². The highest BCUT2D eigenvalue weighted by molar-refractivity contribution is 7.89. The van der Waals surface area contributed by atoms with E-state index >= 15 is 0 Å². The van der Waals surface area contributed by atoms with E-state index in [2.05, 4.69) is 5.32 Å². The molecule has 1 saturated carbocycles. The second-order valence-corrected chi connectivity index (χ2v) is 9.49. The molecule has 6 nitrogen and oxygen atoms in total. The molecule has 1 saturated heterocycles. The van der Waals surface area contributed by atoms with E-state index in [4.69, 9.17) is 0 Å². The molecule has 1 atom stereocenters. The van der Waals surface area contributed by atoms with Gasteiger partial charge < -0.3 is 5.32 Å². The zero-order valence-corrected chi connectivity index (χ0v) is 16.6. The number of piperidine rings is 1. The van der Waals surface area contributed by atoms with Gasteiger partial charge in [0.15, 0.2) is 5.78 Å². The summed E-state index contributed by atoms with van der Waals surface area (Å²) in [7, 11) is -3.77. The van der Waals surface area contributed by atoms with Crippen LogP contribution in [-0.4, -0.2) is 43.5 Å². The van der Waals surface area contributed by atoms with Gasteiger partial charge in [0.2, 0.25) is 15.9 Å². The minimum Gasteiger partial charge on any atom is -0.354 e. The summed E-state index contributed by atoms with van der Waals surface area (Å²) in [5, 5.41) is 2.98. The number of rotatable bonds is 6. The van der Waals surface area contributed by atoms with Crippen molar-refractivity contribution in [3.8, 4) is 0 Å². The first-order valence-corrected chi connectivity index (χ1v) is 11.2. The second kappa shape index (κ2) is 8.52. The molecule has 3 rings (SSSR count). The predicted molar refractivity (Wildman–Crippen MR) is 103 cm³/mol. The first-order chi connectivity index (χ1) is 12.9. The van der Waals surface area contributed by atoms with Crippen molar-refractivity contribution >= 4 is 21.7 Å². The summed E-state index contributed by atoms with van der Waals surface area (Å²) in [4.78, 5) is 24.3. The lowest BCUT2D eigenvalue weighted by molar-refractivity contribution is -0.125. The van der Waals surface area contributed by atoms with Gasteiger partial charge >= 0.3 is 0 Å². The number of carbonyl (C=O) groups excluding carboxylic acids is 2. The maximum Gasteiger partial charge on any atom is 0.243 e. The van der Waals surface area contributed by atoms with Gasteiger partial charge in [-0.1, -0.05) is 31.4 Å². The molecule has 1 aromatic carbocycles. The topological polar surface area (TPSA) is 83.6 Å². The van der Waals surface area contributed by atoms with Crippen molar-refractivity contribution in [3.63, 3.8) is 0 Å². The highest BCUT2D eigenvalue weighted by Gasteiger charge is 2.37. The number of benzene rings is 1. The van der Waals surface area contributed by atoms with Crippen LogP contribution in [0.4, 0.5) is 0 Å². The Bertz CT molecular complexity index is 783. The maximum atomic E-state index is 13.1. The molecule has 1 heterocycles. The second-order valence-electron chi connectivity index (χ2n) is 7.60. The lowest BCUT2D eigenvalue weighted by Gasteiger charge is -2.34. The summed E-state index contributed by atoms with van der Waals surface area (Å²) in [6, 6.07) is 5.29. The van der Waals surface area contributed by atoms with E-state index in [1.54, 1.807) is 0 Å². The van der Waals surface area contributed by atoms with E-state index in [-0.39, 0.29) is 16.6 Å². The number of hydrogen-bond donors (Lipinski definition) is 1. The smallest absolute Gasteiger partial charge is 0.243 e. The van der Waals surface area contributed by atoms with Gasteiger partial charge in [0.05, 0.1) is 4.90 Å². The van der Waals surface area contributed by atoms with Crippen LogP contribution in [0, 0.1) is 5.92 Å². The average molecular weight is 393 g/mol. The monoisotopic (exact) mass is 392 g/mol. The van der Waals surface area contributed by atoms with E-state index in [1.807, 2.05) is 0 Å². The van der Waals surface area contributed by atoms with E-state index in [0.29, 0.717) is 31.0 Å². The predicted octanol–water partition coefficient (Wildman–Crippen LogP) is 2.74. The number of nitrogens with one attached hydrogen (secondary N) is 1. The molecule has 0 aromatic heterocycles. The molecule has 27 heavy (non-hydrogen) atoms. The zero-order chi connectivity index (χ0) is 19.4. The van der Waals surface area contributed by atoms with Crippen LogP contribution in [0.5, 0.6) is 0 Å². The molecular weight excluding hydrogens is 364 g/mol. The van der Waals surface area contributed by atoms with E-state index in [9.17, 15) is 18.0 Å². The van der Waals surface area contributed by atoms with Crippen LogP contribution < -0.4 is 5.32 Å². The van der Waals surface area contributed by atoms with Gasteiger partial charge in [-0.3, -0.25) is 9.59 Å². The Morgan fingerprint density at radius 2 is 1.67 bits per heavy atom. The molecule has 1 amide bonds.